The topological polar surface area (TPSA) is 66.4 Å². The molecule has 5 heteroatoms. The second-order valence-corrected chi connectivity index (χ2v) is 7.22. The molecule has 1 saturated heterocycles. The highest BCUT2D eigenvalue weighted by molar-refractivity contribution is 7.91. The number of nitrogens with one attached hydrogen (secondary N) is 1. The van der Waals surface area contributed by atoms with Crippen LogP contribution in [-0.2, 0) is 9.84 Å². The van der Waals surface area contributed by atoms with Crippen LogP contribution in [0.4, 0.5) is 0 Å². The lowest BCUT2D eigenvalue weighted by molar-refractivity contribution is 0.0428. The summed E-state index contributed by atoms with van der Waals surface area (Å²) in [5, 5.41) is 12.5. The third-order valence-electron chi connectivity index (χ3n) is 3.75. The Morgan fingerprint density at radius 3 is 2.53 bits per heavy atom. The third-order valence-corrected chi connectivity index (χ3v) is 5.52. The van der Waals surface area contributed by atoms with Crippen LogP contribution in [0.5, 0.6) is 0 Å². The van der Waals surface area contributed by atoms with Crippen LogP contribution in [0.25, 0.3) is 0 Å². The third kappa shape index (κ3) is 2.52. The summed E-state index contributed by atoms with van der Waals surface area (Å²) in [5.74, 6) is 0.589. The van der Waals surface area contributed by atoms with Gasteiger partial charge in [0.2, 0.25) is 0 Å². The highest BCUT2D eigenvalue weighted by atomic mass is 32.2. The zero-order valence-electron chi connectivity index (χ0n) is 8.91. The largest absolute Gasteiger partial charge is 0.396 e. The van der Waals surface area contributed by atoms with Crippen molar-refractivity contribution in [2.75, 3.05) is 24.7 Å². The predicted octanol–water partition coefficient (Wildman–Crippen LogP) is -0.0743. The van der Waals surface area contributed by atoms with Gasteiger partial charge in [0.1, 0.15) is 0 Å². The second kappa shape index (κ2) is 4.03. The van der Waals surface area contributed by atoms with Gasteiger partial charge in [0, 0.05) is 24.6 Å². The van der Waals surface area contributed by atoms with Crippen LogP contribution in [0.15, 0.2) is 0 Å². The molecule has 88 valence electrons. The Hall–Kier alpha value is -0.130. The summed E-state index contributed by atoms with van der Waals surface area (Å²) < 4.78 is 22.5. The molecule has 0 aromatic rings. The molecule has 1 aliphatic heterocycles. The van der Waals surface area contributed by atoms with E-state index in [0.29, 0.717) is 5.75 Å². The first kappa shape index (κ1) is 11.4. The Kier molecular flexibility index (Phi) is 3.05. The van der Waals surface area contributed by atoms with Crippen LogP contribution in [0.3, 0.4) is 0 Å². The molecular formula is C10H19NO3S. The van der Waals surface area contributed by atoms with Crippen molar-refractivity contribution in [3.05, 3.63) is 0 Å². The summed E-state index contributed by atoms with van der Waals surface area (Å²) in [6, 6.07) is 0.110. The number of aliphatic hydroxyl groups excluding tert-OH is 1. The molecular weight excluding hydrogens is 214 g/mol. The van der Waals surface area contributed by atoms with Gasteiger partial charge in [-0.05, 0) is 19.3 Å². The van der Waals surface area contributed by atoms with Gasteiger partial charge in [-0.3, -0.25) is 0 Å². The van der Waals surface area contributed by atoms with Crippen molar-refractivity contribution in [3.8, 4) is 0 Å². The summed E-state index contributed by atoms with van der Waals surface area (Å²) in [6.45, 7) is 0.989. The Morgan fingerprint density at radius 1 is 1.40 bits per heavy atom. The van der Waals surface area contributed by atoms with Crippen LogP contribution in [0, 0.1) is 5.41 Å². The molecule has 1 atom stereocenters. The van der Waals surface area contributed by atoms with E-state index in [1.807, 2.05) is 0 Å². The fourth-order valence-corrected chi connectivity index (χ4v) is 4.09. The molecule has 0 amide bonds. The molecule has 0 bridgehead atoms. The average molecular weight is 233 g/mol. The zero-order valence-corrected chi connectivity index (χ0v) is 9.72. The number of aliphatic hydroxyl groups is 1. The quantitative estimate of drug-likeness (QED) is 0.713. The van der Waals surface area contributed by atoms with E-state index < -0.39 is 9.84 Å². The molecule has 2 fully saturated rings. The van der Waals surface area contributed by atoms with E-state index in [1.165, 1.54) is 6.42 Å². The van der Waals surface area contributed by atoms with Crippen molar-refractivity contribution >= 4 is 9.84 Å². The lowest BCUT2D eigenvalue weighted by Gasteiger charge is -2.41. The molecule has 2 N–H and O–H groups in total. The smallest absolute Gasteiger partial charge is 0.151 e. The van der Waals surface area contributed by atoms with Gasteiger partial charge in [0.15, 0.2) is 9.84 Å². The fourth-order valence-electron chi connectivity index (χ4n) is 2.38. The summed E-state index contributed by atoms with van der Waals surface area (Å²) in [7, 11) is -2.78. The van der Waals surface area contributed by atoms with E-state index in [4.69, 9.17) is 0 Å². The van der Waals surface area contributed by atoms with E-state index in [9.17, 15) is 13.5 Å². The van der Waals surface area contributed by atoms with E-state index >= 15 is 0 Å². The summed E-state index contributed by atoms with van der Waals surface area (Å²) in [4.78, 5) is 0. The van der Waals surface area contributed by atoms with Crippen LogP contribution in [0.2, 0.25) is 0 Å². The van der Waals surface area contributed by atoms with Crippen LogP contribution < -0.4 is 5.32 Å². The lowest BCUT2D eigenvalue weighted by atomic mass is 9.69. The zero-order chi connectivity index (χ0) is 10.9. The molecule has 0 aromatic heterocycles. The molecule has 2 aliphatic rings. The van der Waals surface area contributed by atoms with Crippen molar-refractivity contribution in [2.45, 2.75) is 31.7 Å². The first-order valence-electron chi connectivity index (χ1n) is 5.60. The highest BCUT2D eigenvalue weighted by Gasteiger charge is 2.37. The maximum absolute atomic E-state index is 11.2. The lowest BCUT2D eigenvalue weighted by Crippen LogP contribution is -2.46. The monoisotopic (exact) mass is 233 g/mol. The van der Waals surface area contributed by atoms with Crippen molar-refractivity contribution in [1.29, 1.82) is 0 Å². The van der Waals surface area contributed by atoms with Gasteiger partial charge in [-0.15, -0.1) is 0 Å². The summed E-state index contributed by atoms with van der Waals surface area (Å²) >= 11 is 0. The Morgan fingerprint density at radius 2 is 2.13 bits per heavy atom. The van der Waals surface area contributed by atoms with E-state index in [2.05, 4.69) is 5.32 Å². The van der Waals surface area contributed by atoms with Crippen LogP contribution in [-0.4, -0.2) is 44.2 Å². The minimum absolute atomic E-state index is 0.0480. The van der Waals surface area contributed by atoms with Crippen molar-refractivity contribution in [3.63, 3.8) is 0 Å². The Bertz CT molecular complexity index is 316. The van der Waals surface area contributed by atoms with Crippen LogP contribution >= 0.6 is 0 Å². The normalized spacial score (nSPS) is 32.5. The predicted molar refractivity (Wildman–Crippen MR) is 58.4 cm³/mol. The average Bonchev–Trinajstić information content (AvgIpc) is 2.45. The van der Waals surface area contributed by atoms with Crippen molar-refractivity contribution in [1.82, 2.24) is 5.32 Å². The van der Waals surface area contributed by atoms with E-state index in [-0.39, 0.29) is 23.8 Å². The highest BCUT2D eigenvalue weighted by Crippen LogP contribution is 2.39. The van der Waals surface area contributed by atoms with Gasteiger partial charge < -0.3 is 10.4 Å². The fraction of sp³-hybridized carbons (Fsp3) is 1.00. The molecule has 1 aliphatic carbocycles. The summed E-state index contributed by atoms with van der Waals surface area (Å²) in [6.07, 6.45) is 4.04. The Labute approximate surface area is 91.0 Å². The van der Waals surface area contributed by atoms with Gasteiger partial charge in [0.25, 0.3) is 0 Å². The molecule has 1 unspecified atom stereocenters. The molecule has 2 rings (SSSR count). The maximum Gasteiger partial charge on any atom is 0.151 e. The van der Waals surface area contributed by atoms with Gasteiger partial charge in [-0.2, -0.15) is 0 Å². The summed E-state index contributed by atoms with van der Waals surface area (Å²) in [5.41, 5.74) is 0.0480. The molecule has 0 spiro atoms. The molecule has 0 aromatic carbocycles. The van der Waals surface area contributed by atoms with Crippen molar-refractivity contribution in [2.24, 2.45) is 5.41 Å². The molecule has 1 heterocycles. The maximum atomic E-state index is 11.2. The minimum Gasteiger partial charge on any atom is -0.396 e. The molecule has 1 saturated carbocycles. The van der Waals surface area contributed by atoms with Gasteiger partial charge in [-0.25, -0.2) is 8.42 Å². The first-order valence-corrected chi connectivity index (χ1v) is 7.42. The number of hydrogen-bond acceptors (Lipinski definition) is 4. The van der Waals surface area contributed by atoms with Gasteiger partial charge in [0.05, 0.1) is 11.5 Å². The number of sulfone groups is 1. The number of hydrogen-bond donors (Lipinski definition) is 2. The van der Waals surface area contributed by atoms with Gasteiger partial charge in [-0.1, -0.05) is 6.42 Å². The van der Waals surface area contributed by atoms with E-state index in [1.54, 1.807) is 0 Å². The number of rotatable bonds is 4. The van der Waals surface area contributed by atoms with Gasteiger partial charge >= 0.3 is 0 Å². The standard InChI is InChI=1S/C10H19NO3S/c12-8-10(3-1-4-10)7-11-9-2-5-15(13,14)6-9/h9,11-12H,1-8H2. The van der Waals surface area contributed by atoms with Crippen molar-refractivity contribution < 1.29 is 13.5 Å². The molecule has 0 radical (unpaired) electrons. The minimum atomic E-state index is -2.78. The second-order valence-electron chi connectivity index (χ2n) is 4.99. The van der Waals surface area contributed by atoms with E-state index in [0.717, 1.165) is 25.8 Å². The SMILES string of the molecule is O=S1(=O)CCC(NCC2(CO)CCC2)C1. The Balaban J connectivity index is 1.79. The molecule has 4 nitrogen and oxygen atoms in total. The molecule has 15 heavy (non-hydrogen) atoms. The first-order chi connectivity index (χ1) is 7.05. The van der Waals surface area contributed by atoms with Crippen LogP contribution in [0.1, 0.15) is 25.7 Å².